The van der Waals surface area contributed by atoms with Crippen LogP contribution in [-0.4, -0.2) is 22.1 Å². The Hall–Kier alpha value is -1.95. The Morgan fingerprint density at radius 3 is 2.50 bits per heavy atom. The van der Waals surface area contributed by atoms with Gasteiger partial charge in [-0.25, -0.2) is 5.10 Å². The zero-order chi connectivity index (χ0) is 15.7. The van der Waals surface area contributed by atoms with Gasteiger partial charge >= 0.3 is 0 Å². The van der Waals surface area contributed by atoms with Gasteiger partial charge in [-0.05, 0) is 43.5 Å². The van der Waals surface area contributed by atoms with E-state index in [0.717, 1.165) is 17.3 Å². The van der Waals surface area contributed by atoms with E-state index < -0.39 is 0 Å². The number of nitrogens with one attached hydrogen (secondary N) is 2. The molecule has 5 nitrogen and oxygen atoms in total. The molecule has 0 bridgehead atoms. The van der Waals surface area contributed by atoms with Gasteiger partial charge in [-0.1, -0.05) is 28.1 Å². The number of H-pyrrole nitrogens is 1. The summed E-state index contributed by atoms with van der Waals surface area (Å²) in [5.41, 5.74) is 1.13. The molecule has 1 atom stereocenters. The molecule has 2 aromatic rings. The molecule has 1 aliphatic rings. The van der Waals surface area contributed by atoms with Gasteiger partial charge in [0, 0.05) is 22.0 Å². The fraction of sp³-hybridized carbons (Fsp3) is 0.312. The SMILES string of the molecule is CC(NC(=O)c1ccc(=O)[nH]n1)C1(c2ccc(Br)cc2)CC1. The first kappa shape index (κ1) is 15.0. The highest BCUT2D eigenvalue weighted by Crippen LogP contribution is 2.51. The first-order valence-electron chi connectivity index (χ1n) is 7.14. The summed E-state index contributed by atoms with van der Waals surface area (Å²) in [6, 6.07) is 11.0. The second-order valence-electron chi connectivity index (χ2n) is 5.66. The normalized spacial score (nSPS) is 16.8. The Balaban J connectivity index is 1.75. The monoisotopic (exact) mass is 361 g/mol. The number of halogens is 1. The van der Waals surface area contributed by atoms with E-state index in [-0.39, 0.29) is 28.6 Å². The van der Waals surface area contributed by atoms with Gasteiger partial charge in [0.25, 0.3) is 11.5 Å². The van der Waals surface area contributed by atoms with Gasteiger partial charge in [-0.2, -0.15) is 5.10 Å². The van der Waals surface area contributed by atoms with Crippen LogP contribution in [-0.2, 0) is 5.41 Å². The molecule has 1 aromatic carbocycles. The van der Waals surface area contributed by atoms with Crippen molar-refractivity contribution in [1.82, 2.24) is 15.5 Å². The van der Waals surface area contributed by atoms with Crippen molar-refractivity contribution in [2.24, 2.45) is 0 Å². The van der Waals surface area contributed by atoms with Crippen molar-refractivity contribution in [3.63, 3.8) is 0 Å². The summed E-state index contributed by atoms with van der Waals surface area (Å²) in [6.45, 7) is 2.01. The standard InChI is InChI=1S/C16H16BrN3O2/c1-10(18-15(22)13-6-7-14(21)20-19-13)16(8-9-16)11-2-4-12(17)5-3-11/h2-7,10H,8-9H2,1H3,(H,18,22)(H,20,21). The van der Waals surface area contributed by atoms with Crippen LogP contribution in [0.5, 0.6) is 0 Å². The summed E-state index contributed by atoms with van der Waals surface area (Å²) in [7, 11) is 0. The summed E-state index contributed by atoms with van der Waals surface area (Å²) >= 11 is 3.44. The molecule has 0 spiro atoms. The molecule has 0 aliphatic heterocycles. The van der Waals surface area contributed by atoms with Crippen molar-refractivity contribution in [3.8, 4) is 0 Å². The Morgan fingerprint density at radius 1 is 1.27 bits per heavy atom. The van der Waals surface area contributed by atoms with E-state index in [1.807, 2.05) is 19.1 Å². The maximum absolute atomic E-state index is 12.2. The van der Waals surface area contributed by atoms with Crippen molar-refractivity contribution in [1.29, 1.82) is 0 Å². The minimum Gasteiger partial charge on any atom is -0.347 e. The quantitative estimate of drug-likeness (QED) is 0.877. The molecular weight excluding hydrogens is 346 g/mol. The van der Waals surface area contributed by atoms with Crippen LogP contribution < -0.4 is 10.9 Å². The van der Waals surface area contributed by atoms with Crippen LogP contribution in [0.15, 0.2) is 45.7 Å². The van der Waals surface area contributed by atoms with Gasteiger partial charge in [0.05, 0.1) is 0 Å². The fourth-order valence-electron chi connectivity index (χ4n) is 2.77. The zero-order valence-electron chi connectivity index (χ0n) is 12.1. The van der Waals surface area contributed by atoms with Crippen molar-refractivity contribution in [3.05, 3.63) is 62.5 Å². The average molecular weight is 362 g/mol. The van der Waals surface area contributed by atoms with E-state index in [1.165, 1.54) is 17.7 Å². The number of carbonyl (C=O) groups is 1. The maximum atomic E-state index is 12.2. The van der Waals surface area contributed by atoms with E-state index in [0.29, 0.717) is 0 Å². The van der Waals surface area contributed by atoms with Crippen LogP contribution in [0.25, 0.3) is 0 Å². The molecule has 1 fully saturated rings. The Morgan fingerprint density at radius 2 is 1.95 bits per heavy atom. The molecule has 114 valence electrons. The topological polar surface area (TPSA) is 74.8 Å². The Bertz CT molecular complexity index is 730. The van der Waals surface area contributed by atoms with Gasteiger partial charge in [-0.3, -0.25) is 9.59 Å². The largest absolute Gasteiger partial charge is 0.347 e. The average Bonchev–Trinajstić information content (AvgIpc) is 3.30. The zero-order valence-corrected chi connectivity index (χ0v) is 13.7. The molecule has 22 heavy (non-hydrogen) atoms. The predicted octanol–water partition coefficient (Wildman–Crippen LogP) is 2.38. The molecule has 1 saturated carbocycles. The van der Waals surface area contributed by atoms with Crippen LogP contribution in [0.1, 0.15) is 35.8 Å². The number of nitrogens with zero attached hydrogens (tertiary/aromatic N) is 1. The summed E-state index contributed by atoms with van der Waals surface area (Å²) < 4.78 is 1.04. The van der Waals surface area contributed by atoms with E-state index in [1.54, 1.807) is 0 Å². The second kappa shape index (κ2) is 5.68. The van der Waals surface area contributed by atoms with Gasteiger partial charge in [0.2, 0.25) is 0 Å². The molecule has 6 heteroatoms. The predicted molar refractivity (Wildman–Crippen MR) is 86.8 cm³/mol. The molecule has 2 N–H and O–H groups in total. The molecule has 1 amide bonds. The van der Waals surface area contributed by atoms with Crippen molar-refractivity contribution >= 4 is 21.8 Å². The van der Waals surface area contributed by atoms with Crippen LogP contribution >= 0.6 is 15.9 Å². The molecular formula is C16H16BrN3O2. The van der Waals surface area contributed by atoms with Crippen LogP contribution in [0.3, 0.4) is 0 Å². The number of hydrogen-bond acceptors (Lipinski definition) is 3. The van der Waals surface area contributed by atoms with E-state index >= 15 is 0 Å². The molecule has 1 aromatic heterocycles. The number of hydrogen-bond donors (Lipinski definition) is 2. The van der Waals surface area contributed by atoms with E-state index in [2.05, 4.69) is 43.6 Å². The third-order valence-corrected chi connectivity index (χ3v) is 4.82. The van der Waals surface area contributed by atoms with E-state index in [4.69, 9.17) is 0 Å². The minimum atomic E-state index is -0.321. The lowest BCUT2D eigenvalue weighted by Gasteiger charge is -2.25. The van der Waals surface area contributed by atoms with Gasteiger partial charge in [-0.15, -0.1) is 0 Å². The van der Waals surface area contributed by atoms with Crippen LogP contribution in [0.2, 0.25) is 0 Å². The second-order valence-corrected chi connectivity index (χ2v) is 6.58. The summed E-state index contributed by atoms with van der Waals surface area (Å²) in [4.78, 5) is 23.2. The summed E-state index contributed by atoms with van der Waals surface area (Å²) in [5.74, 6) is -0.271. The van der Waals surface area contributed by atoms with Crippen molar-refractivity contribution in [2.75, 3.05) is 0 Å². The van der Waals surface area contributed by atoms with Crippen molar-refractivity contribution in [2.45, 2.75) is 31.2 Å². The molecule has 1 heterocycles. The highest BCUT2D eigenvalue weighted by Gasteiger charge is 2.49. The highest BCUT2D eigenvalue weighted by molar-refractivity contribution is 9.10. The number of aromatic nitrogens is 2. The lowest BCUT2D eigenvalue weighted by Crippen LogP contribution is -2.41. The van der Waals surface area contributed by atoms with Crippen LogP contribution in [0, 0.1) is 0 Å². The number of rotatable bonds is 4. The Kier molecular flexibility index (Phi) is 3.87. The molecule has 0 saturated heterocycles. The van der Waals surface area contributed by atoms with Gasteiger partial charge in [0.1, 0.15) is 5.69 Å². The molecule has 3 rings (SSSR count). The Labute approximate surface area is 136 Å². The number of carbonyl (C=O) groups excluding carboxylic acids is 1. The fourth-order valence-corrected chi connectivity index (χ4v) is 3.03. The van der Waals surface area contributed by atoms with Crippen LogP contribution in [0.4, 0.5) is 0 Å². The lowest BCUT2D eigenvalue weighted by molar-refractivity contribution is 0.0925. The van der Waals surface area contributed by atoms with E-state index in [9.17, 15) is 9.59 Å². The van der Waals surface area contributed by atoms with Gasteiger partial charge in [0.15, 0.2) is 0 Å². The first-order chi connectivity index (χ1) is 10.5. The number of benzene rings is 1. The summed E-state index contributed by atoms with van der Waals surface area (Å²) in [5, 5.41) is 9.03. The number of amides is 1. The highest BCUT2D eigenvalue weighted by atomic mass is 79.9. The molecule has 0 radical (unpaired) electrons. The molecule has 1 aliphatic carbocycles. The summed E-state index contributed by atoms with van der Waals surface area (Å²) in [6.07, 6.45) is 2.10. The number of aromatic amines is 1. The molecule has 1 unspecified atom stereocenters. The third-order valence-electron chi connectivity index (χ3n) is 4.30. The van der Waals surface area contributed by atoms with Gasteiger partial charge < -0.3 is 5.32 Å². The minimum absolute atomic E-state index is 0.00144. The first-order valence-corrected chi connectivity index (χ1v) is 7.93. The third kappa shape index (κ3) is 2.83. The maximum Gasteiger partial charge on any atom is 0.271 e. The smallest absolute Gasteiger partial charge is 0.271 e. The van der Waals surface area contributed by atoms with Crippen molar-refractivity contribution < 1.29 is 4.79 Å². The lowest BCUT2D eigenvalue weighted by atomic mass is 9.89.